The van der Waals surface area contributed by atoms with E-state index in [2.05, 4.69) is 10.3 Å². The van der Waals surface area contributed by atoms with Crippen molar-refractivity contribution in [2.75, 3.05) is 25.0 Å². The van der Waals surface area contributed by atoms with Crippen LogP contribution in [0.4, 0.5) is 5.69 Å². The number of carbonyl (C=O) groups excluding carboxylic acids is 2. The standard InChI is InChI=1S/C26H32N4O4S/c1-16-7-5-9-21(17(16)2)28-22(31)14-30(13-20-8-6-12-34-20)23(32)10-11-29-15-27-25-24(26(29)33)18(3)19(4)35-25/h5,7,9,15,20H,6,8,10-14H2,1-4H3,(H,28,31). The third-order valence-corrected chi connectivity index (χ3v) is 7.85. The fourth-order valence-electron chi connectivity index (χ4n) is 4.34. The molecular weight excluding hydrogens is 464 g/mol. The van der Waals surface area contributed by atoms with Crippen LogP contribution in [0.1, 0.15) is 40.8 Å². The highest BCUT2D eigenvalue weighted by Crippen LogP contribution is 2.25. The van der Waals surface area contributed by atoms with Gasteiger partial charge in [-0.05, 0) is 63.3 Å². The number of benzene rings is 1. The molecule has 1 aliphatic rings. The minimum Gasteiger partial charge on any atom is -0.376 e. The molecule has 1 unspecified atom stereocenters. The van der Waals surface area contributed by atoms with E-state index in [1.807, 2.05) is 45.9 Å². The first-order valence-corrected chi connectivity index (χ1v) is 12.8. The van der Waals surface area contributed by atoms with Gasteiger partial charge in [0.05, 0.1) is 24.4 Å². The average molecular weight is 497 g/mol. The lowest BCUT2D eigenvalue weighted by atomic mass is 10.1. The summed E-state index contributed by atoms with van der Waals surface area (Å²) in [5.74, 6) is -0.448. The fraction of sp³-hybridized carbons (Fsp3) is 0.462. The highest BCUT2D eigenvalue weighted by molar-refractivity contribution is 7.18. The van der Waals surface area contributed by atoms with Crippen LogP contribution >= 0.6 is 11.3 Å². The van der Waals surface area contributed by atoms with Gasteiger partial charge < -0.3 is 15.0 Å². The van der Waals surface area contributed by atoms with Crippen molar-refractivity contribution in [3.05, 3.63) is 56.4 Å². The van der Waals surface area contributed by atoms with Crippen molar-refractivity contribution < 1.29 is 14.3 Å². The summed E-state index contributed by atoms with van der Waals surface area (Å²) >= 11 is 1.50. The van der Waals surface area contributed by atoms with E-state index in [1.165, 1.54) is 22.2 Å². The molecule has 1 atom stereocenters. The first-order chi connectivity index (χ1) is 16.7. The van der Waals surface area contributed by atoms with Gasteiger partial charge in [-0.2, -0.15) is 0 Å². The molecule has 2 aromatic heterocycles. The predicted octanol–water partition coefficient (Wildman–Crippen LogP) is 3.73. The van der Waals surface area contributed by atoms with Gasteiger partial charge in [-0.1, -0.05) is 12.1 Å². The number of carbonyl (C=O) groups is 2. The molecule has 1 fully saturated rings. The lowest BCUT2D eigenvalue weighted by Crippen LogP contribution is -2.42. The Balaban J connectivity index is 1.46. The molecule has 2 amide bonds. The van der Waals surface area contributed by atoms with Gasteiger partial charge >= 0.3 is 0 Å². The maximum atomic E-state index is 13.2. The zero-order chi connectivity index (χ0) is 25.1. The monoisotopic (exact) mass is 496 g/mol. The molecular formula is C26H32N4O4S. The molecule has 186 valence electrons. The van der Waals surface area contributed by atoms with Crippen LogP contribution < -0.4 is 10.9 Å². The molecule has 1 N–H and O–H groups in total. The van der Waals surface area contributed by atoms with E-state index in [0.29, 0.717) is 18.5 Å². The van der Waals surface area contributed by atoms with Crippen molar-refractivity contribution in [2.24, 2.45) is 0 Å². The molecule has 0 spiro atoms. The van der Waals surface area contributed by atoms with Crippen LogP contribution in [-0.4, -0.2) is 52.1 Å². The number of thiophene rings is 1. The van der Waals surface area contributed by atoms with E-state index in [9.17, 15) is 14.4 Å². The number of aryl methyl sites for hydroxylation is 4. The van der Waals surface area contributed by atoms with E-state index < -0.39 is 0 Å². The van der Waals surface area contributed by atoms with Crippen LogP contribution in [0.3, 0.4) is 0 Å². The first kappa shape index (κ1) is 25.1. The molecule has 1 aliphatic heterocycles. The Bertz CT molecular complexity index is 1310. The number of nitrogens with zero attached hydrogens (tertiary/aromatic N) is 3. The van der Waals surface area contributed by atoms with Gasteiger partial charge in [-0.3, -0.25) is 19.0 Å². The van der Waals surface area contributed by atoms with Crippen molar-refractivity contribution in [2.45, 2.75) is 59.6 Å². The van der Waals surface area contributed by atoms with Gasteiger partial charge in [0, 0.05) is 36.7 Å². The number of anilines is 1. The van der Waals surface area contributed by atoms with Crippen LogP contribution in [0.15, 0.2) is 29.3 Å². The summed E-state index contributed by atoms with van der Waals surface area (Å²) in [5.41, 5.74) is 3.63. The second-order valence-corrected chi connectivity index (χ2v) is 10.4. The Kier molecular flexibility index (Phi) is 7.66. The van der Waals surface area contributed by atoms with Crippen LogP contribution in [0.2, 0.25) is 0 Å². The number of hydrogen-bond donors (Lipinski definition) is 1. The summed E-state index contributed by atoms with van der Waals surface area (Å²) in [7, 11) is 0. The van der Waals surface area contributed by atoms with E-state index in [0.717, 1.165) is 44.9 Å². The SMILES string of the molecule is Cc1cccc(NC(=O)CN(CC2CCCO2)C(=O)CCn2cnc3sc(C)c(C)c3c2=O)c1C. The predicted molar refractivity (Wildman–Crippen MR) is 138 cm³/mol. The lowest BCUT2D eigenvalue weighted by molar-refractivity contribution is -0.136. The quantitative estimate of drug-likeness (QED) is 0.513. The Labute approximate surface area is 208 Å². The zero-order valence-electron chi connectivity index (χ0n) is 20.7. The maximum Gasteiger partial charge on any atom is 0.262 e. The van der Waals surface area contributed by atoms with Crippen molar-refractivity contribution in [3.8, 4) is 0 Å². The Morgan fingerprint density at radius 3 is 2.77 bits per heavy atom. The normalized spacial score (nSPS) is 15.5. The van der Waals surface area contributed by atoms with Crippen LogP contribution in [0, 0.1) is 27.7 Å². The van der Waals surface area contributed by atoms with Gasteiger partial charge in [-0.25, -0.2) is 4.98 Å². The summed E-state index contributed by atoms with van der Waals surface area (Å²) in [4.78, 5) is 46.8. The third kappa shape index (κ3) is 5.62. The molecule has 4 rings (SSSR count). The smallest absolute Gasteiger partial charge is 0.262 e. The van der Waals surface area contributed by atoms with Gasteiger partial charge in [0.1, 0.15) is 4.83 Å². The number of amides is 2. The minimum absolute atomic E-state index is 0.0684. The van der Waals surface area contributed by atoms with Crippen molar-refractivity contribution in [3.63, 3.8) is 0 Å². The Morgan fingerprint density at radius 2 is 2.03 bits per heavy atom. The summed E-state index contributed by atoms with van der Waals surface area (Å²) in [6.45, 7) is 9.00. The van der Waals surface area contributed by atoms with E-state index in [4.69, 9.17) is 4.74 Å². The summed E-state index contributed by atoms with van der Waals surface area (Å²) in [6, 6.07) is 5.74. The average Bonchev–Trinajstić information content (AvgIpc) is 3.43. The van der Waals surface area contributed by atoms with Gasteiger partial charge in [0.15, 0.2) is 0 Å². The largest absolute Gasteiger partial charge is 0.376 e. The minimum atomic E-state index is -0.255. The van der Waals surface area contributed by atoms with Crippen molar-refractivity contribution in [1.82, 2.24) is 14.5 Å². The van der Waals surface area contributed by atoms with Crippen molar-refractivity contribution >= 4 is 39.1 Å². The molecule has 0 saturated carbocycles. The zero-order valence-corrected chi connectivity index (χ0v) is 21.5. The van der Waals surface area contributed by atoms with Gasteiger partial charge in [-0.15, -0.1) is 11.3 Å². The molecule has 8 nitrogen and oxygen atoms in total. The lowest BCUT2D eigenvalue weighted by Gasteiger charge is -2.25. The second kappa shape index (κ2) is 10.7. The topological polar surface area (TPSA) is 93.5 Å². The molecule has 0 radical (unpaired) electrons. The summed E-state index contributed by atoms with van der Waals surface area (Å²) in [6.07, 6.45) is 3.33. The van der Waals surface area contributed by atoms with Crippen molar-refractivity contribution in [1.29, 1.82) is 0 Å². The number of nitrogens with one attached hydrogen (secondary N) is 1. The van der Waals surface area contributed by atoms with Gasteiger partial charge in [0.2, 0.25) is 11.8 Å². The van der Waals surface area contributed by atoms with Crippen LogP contribution in [0.25, 0.3) is 10.2 Å². The number of ether oxygens (including phenoxy) is 1. The number of rotatable bonds is 8. The highest BCUT2D eigenvalue weighted by atomic mass is 32.1. The molecule has 3 heterocycles. The fourth-order valence-corrected chi connectivity index (χ4v) is 5.33. The molecule has 35 heavy (non-hydrogen) atoms. The molecule has 9 heteroatoms. The second-order valence-electron chi connectivity index (χ2n) is 9.16. The Hall–Kier alpha value is -3.04. The van der Waals surface area contributed by atoms with Gasteiger partial charge in [0.25, 0.3) is 5.56 Å². The Morgan fingerprint density at radius 1 is 1.23 bits per heavy atom. The molecule has 1 saturated heterocycles. The van der Waals surface area contributed by atoms with E-state index >= 15 is 0 Å². The highest BCUT2D eigenvalue weighted by Gasteiger charge is 2.25. The summed E-state index contributed by atoms with van der Waals surface area (Å²) in [5, 5.41) is 3.55. The number of fused-ring (bicyclic) bond motifs is 1. The summed E-state index contributed by atoms with van der Waals surface area (Å²) < 4.78 is 7.21. The third-order valence-electron chi connectivity index (χ3n) is 6.74. The molecule has 1 aromatic carbocycles. The maximum absolute atomic E-state index is 13.2. The molecule has 0 aliphatic carbocycles. The molecule has 0 bridgehead atoms. The number of hydrogen-bond acceptors (Lipinski definition) is 6. The van der Waals surface area contributed by atoms with Crippen LogP contribution in [0.5, 0.6) is 0 Å². The van der Waals surface area contributed by atoms with Crippen LogP contribution in [-0.2, 0) is 20.9 Å². The van der Waals surface area contributed by atoms with E-state index in [-0.39, 0.29) is 43.0 Å². The molecule has 3 aromatic rings. The van der Waals surface area contributed by atoms with E-state index in [1.54, 1.807) is 4.90 Å². The first-order valence-electron chi connectivity index (χ1n) is 11.9. The number of aromatic nitrogens is 2.